The Morgan fingerprint density at radius 2 is 2.21 bits per heavy atom. The third kappa shape index (κ3) is 5.12. The molecule has 0 aliphatic carbocycles. The van der Waals surface area contributed by atoms with Crippen LogP contribution < -0.4 is 10.6 Å². The van der Waals surface area contributed by atoms with E-state index in [2.05, 4.69) is 54.1 Å². The predicted octanol–water partition coefficient (Wildman–Crippen LogP) is 1.29. The molecule has 4 nitrogen and oxygen atoms in total. The van der Waals surface area contributed by atoms with Crippen molar-refractivity contribution in [3.05, 3.63) is 0 Å². The minimum Gasteiger partial charge on any atom is -0.357 e. The first-order valence-electron chi connectivity index (χ1n) is 7.30. The molecule has 0 aromatic heterocycles. The first-order chi connectivity index (χ1) is 9.08. The quantitative estimate of drug-likeness (QED) is 0.340. The molecular weight excluding hydrogens is 236 g/mol. The van der Waals surface area contributed by atoms with Crippen molar-refractivity contribution in [1.29, 1.82) is 0 Å². The maximum absolute atomic E-state index is 5.26. The molecular formula is C15H28N4. The Morgan fingerprint density at radius 3 is 2.74 bits per heavy atom. The summed E-state index contributed by atoms with van der Waals surface area (Å²) in [6.07, 6.45) is 5.95. The highest BCUT2D eigenvalue weighted by Gasteiger charge is 2.31. The van der Waals surface area contributed by atoms with Crippen molar-refractivity contribution >= 4 is 5.96 Å². The van der Waals surface area contributed by atoms with Crippen LogP contribution in [0.4, 0.5) is 0 Å². The molecule has 2 atom stereocenters. The number of hydrogen-bond acceptors (Lipinski definition) is 2. The first-order valence-corrected chi connectivity index (χ1v) is 7.30. The second-order valence-corrected chi connectivity index (χ2v) is 5.49. The van der Waals surface area contributed by atoms with E-state index in [0.29, 0.717) is 31.0 Å². The Morgan fingerprint density at radius 1 is 1.47 bits per heavy atom. The van der Waals surface area contributed by atoms with E-state index in [1.165, 1.54) is 0 Å². The second kappa shape index (κ2) is 8.06. The van der Waals surface area contributed by atoms with Crippen LogP contribution in [0.5, 0.6) is 0 Å². The average molecular weight is 264 g/mol. The van der Waals surface area contributed by atoms with Gasteiger partial charge < -0.3 is 10.6 Å². The van der Waals surface area contributed by atoms with E-state index < -0.39 is 0 Å². The summed E-state index contributed by atoms with van der Waals surface area (Å²) in [4.78, 5) is 7.01. The number of hydrogen-bond donors (Lipinski definition) is 2. The third-order valence-electron chi connectivity index (χ3n) is 3.56. The van der Waals surface area contributed by atoms with Crippen molar-refractivity contribution in [2.75, 3.05) is 26.2 Å². The molecule has 0 radical (unpaired) electrons. The minimum absolute atomic E-state index is 0.464. The highest BCUT2D eigenvalue weighted by molar-refractivity contribution is 5.80. The molecule has 0 bridgehead atoms. The Bertz CT molecular complexity index is 330. The number of terminal acetylenes is 1. The van der Waals surface area contributed by atoms with Crippen LogP contribution in [0.25, 0.3) is 0 Å². The van der Waals surface area contributed by atoms with Gasteiger partial charge in [0.15, 0.2) is 5.96 Å². The van der Waals surface area contributed by atoms with Crippen LogP contribution in [0.1, 0.15) is 34.1 Å². The van der Waals surface area contributed by atoms with Gasteiger partial charge in [0.25, 0.3) is 0 Å². The van der Waals surface area contributed by atoms with Crippen molar-refractivity contribution in [1.82, 2.24) is 15.5 Å². The topological polar surface area (TPSA) is 39.7 Å². The Kier molecular flexibility index (Phi) is 6.72. The summed E-state index contributed by atoms with van der Waals surface area (Å²) in [5.41, 5.74) is 0. The van der Waals surface area contributed by atoms with E-state index in [-0.39, 0.29) is 0 Å². The molecule has 0 saturated carbocycles. The van der Waals surface area contributed by atoms with Crippen LogP contribution in [0.2, 0.25) is 0 Å². The molecule has 1 aliphatic heterocycles. The Labute approximate surface area is 118 Å². The molecule has 1 saturated heterocycles. The molecule has 2 unspecified atom stereocenters. The van der Waals surface area contributed by atoms with Crippen LogP contribution in [-0.2, 0) is 0 Å². The van der Waals surface area contributed by atoms with Gasteiger partial charge in [0, 0.05) is 38.1 Å². The number of rotatable bonds is 5. The lowest BCUT2D eigenvalue weighted by atomic mass is 10.1. The number of aliphatic imine (C=N–C) groups is 1. The van der Waals surface area contributed by atoms with E-state index in [1.54, 1.807) is 0 Å². The van der Waals surface area contributed by atoms with E-state index >= 15 is 0 Å². The van der Waals surface area contributed by atoms with Crippen molar-refractivity contribution in [2.24, 2.45) is 10.9 Å². The second-order valence-electron chi connectivity index (χ2n) is 5.49. The molecule has 2 N–H and O–H groups in total. The third-order valence-corrected chi connectivity index (χ3v) is 3.56. The minimum atomic E-state index is 0.464. The lowest BCUT2D eigenvalue weighted by molar-refractivity contribution is 0.265. The average Bonchev–Trinajstić information content (AvgIpc) is 2.72. The van der Waals surface area contributed by atoms with E-state index in [1.807, 2.05) is 0 Å². The van der Waals surface area contributed by atoms with Crippen LogP contribution in [0.15, 0.2) is 4.99 Å². The van der Waals surface area contributed by atoms with Gasteiger partial charge in [-0.05, 0) is 26.7 Å². The van der Waals surface area contributed by atoms with Crippen molar-refractivity contribution < 1.29 is 0 Å². The smallest absolute Gasteiger partial charge is 0.191 e. The zero-order valence-corrected chi connectivity index (χ0v) is 12.7. The molecule has 1 aliphatic rings. The standard InChI is InChI=1S/C15H28N4/c1-6-8-9-17-15(16-7-2)18-14-11-19(12(3)4)10-13(14)5/h1,12-14H,7-11H2,2-5H3,(H2,16,17,18). The van der Waals surface area contributed by atoms with Crippen molar-refractivity contribution in [2.45, 2.75) is 46.2 Å². The normalized spacial score (nSPS) is 24.5. The summed E-state index contributed by atoms with van der Waals surface area (Å²) >= 11 is 0. The van der Waals surface area contributed by atoms with Gasteiger partial charge in [-0.1, -0.05) is 6.92 Å². The van der Waals surface area contributed by atoms with Gasteiger partial charge in [-0.15, -0.1) is 12.3 Å². The molecule has 1 heterocycles. The fraction of sp³-hybridized carbons (Fsp3) is 0.800. The molecule has 19 heavy (non-hydrogen) atoms. The SMILES string of the molecule is C#CCCN=C(NCC)NC1CN(C(C)C)CC1C. The summed E-state index contributed by atoms with van der Waals surface area (Å²) in [6, 6.07) is 1.07. The van der Waals surface area contributed by atoms with Crippen molar-refractivity contribution in [3.8, 4) is 12.3 Å². The van der Waals surface area contributed by atoms with Gasteiger partial charge in [-0.25, -0.2) is 0 Å². The van der Waals surface area contributed by atoms with Gasteiger partial charge in [0.05, 0.1) is 6.54 Å². The molecule has 1 rings (SSSR count). The molecule has 4 heteroatoms. The number of guanidine groups is 1. The summed E-state index contributed by atoms with van der Waals surface area (Å²) < 4.78 is 0. The lowest BCUT2D eigenvalue weighted by Gasteiger charge is -2.21. The molecule has 1 fully saturated rings. The maximum Gasteiger partial charge on any atom is 0.191 e. The predicted molar refractivity (Wildman–Crippen MR) is 82.2 cm³/mol. The van der Waals surface area contributed by atoms with Gasteiger partial charge in [0.2, 0.25) is 0 Å². The van der Waals surface area contributed by atoms with Crippen molar-refractivity contribution in [3.63, 3.8) is 0 Å². The van der Waals surface area contributed by atoms with Gasteiger partial charge in [-0.2, -0.15) is 0 Å². The summed E-state index contributed by atoms with van der Waals surface area (Å²) in [7, 11) is 0. The van der Waals surface area contributed by atoms with E-state index in [9.17, 15) is 0 Å². The highest BCUT2D eigenvalue weighted by Crippen LogP contribution is 2.18. The maximum atomic E-state index is 5.26. The Balaban J connectivity index is 2.54. The fourth-order valence-electron chi connectivity index (χ4n) is 2.34. The zero-order valence-electron chi connectivity index (χ0n) is 12.7. The number of likely N-dealkylation sites (tertiary alicyclic amines) is 1. The fourth-order valence-corrected chi connectivity index (χ4v) is 2.34. The van der Waals surface area contributed by atoms with E-state index in [4.69, 9.17) is 6.42 Å². The Hall–Kier alpha value is -1.21. The van der Waals surface area contributed by atoms with Crippen LogP contribution >= 0.6 is 0 Å². The van der Waals surface area contributed by atoms with Gasteiger partial charge >= 0.3 is 0 Å². The molecule has 0 spiro atoms. The first kappa shape index (κ1) is 15.8. The molecule has 0 aromatic carbocycles. The molecule has 0 aromatic rings. The number of nitrogens with zero attached hydrogens (tertiary/aromatic N) is 2. The zero-order chi connectivity index (χ0) is 14.3. The van der Waals surface area contributed by atoms with Gasteiger partial charge in [0.1, 0.15) is 0 Å². The summed E-state index contributed by atoms with van der Waals surface area (Å²) in [6.45, 7) is 12.7. The van der Waals surface area contributed by atoms with E-state index in [0.717, 1.165) is 25.6 Å². The molecule has 108 valence electrons. The summed E-state index contributed by atoms with van der Waals surface area (Å²) in [5.74, 6) is 4.15. The summed E-state index contributed by atoms with van der Waals surface area (Å²) in [5, 5.41) is 6.82. The number of nitrogens with one attached hydrogen (secondary N) is 2. The molecule has 0 amide bonds. The monoisotopic (exact) mass is 264 g/mol. The van der Waals surface area contributed by atoms with Gasteiger partial charge in [-0.3, -0.25) is 9.89 Å². The lowest BCUT2D eigenvalue weighted by Crippen LogP contribution is -2.46. The van der Waals surface area contributed by atoms with Crippen LogP contribution in [0.3, 0.4) is 0 Å². The van der Waals surface area contributed by atoms with Crippen LogP contribution in [0, 0.1) is 18.3 Å². The largest absolute Gasteiger partial charge is 0.357 e. The van der Waals surface area contributed by atoms with Crippen LogP contribution in [-0.4, -0.2) is 49.1 Å². The highest BCUT2D eigenvalue weighted by atomic mass is 15.3.